The standard InChI is InChI=1S/C13H25N3O2/c1-4-16(10-7-5-6-8-10)13(17)11(9(2)3)12(14)15-18/h9-11,18H,4-8H2,1-3H3,(H2,14,15). The molecule has 18 heavy (non-hydrogen) atoms. The molecule has 1 amide bonds. The number of amides is 1. The van der Waals surface area contributed by atoms with Gasteiger partial charge in [-0.3, -0.25) is 4.79 Å². The number of hydrogen-bond donors (Lipinski definition) is 2. The van der Waals surface area contributed by atoms with Crippen molar-refractivity contribution in [2.45, 2.75) is 52.5 Å². The first-order chi connectivity index (χ1) is 8.52. The maximum atomic E-state index is 12.6. The van der Waals surface area contributed by atoms with Crippen LogP contribution in [0.1, 0.15) is 46.5 Å². The van der Waals surface area contributed by atoms with Crippen LogP contribution in [0.4, 0.5) is 0 Å². The molecule has 0 spiro atoms. The van der Waals surface area contributed by atoms with Gasteiger partial charge in [-0.15, -0.1) is 0 Å². The Morgan fingerprint density at radius 1 is 1.44 bits per heavy atom. The molecule has 0 aliphatic heterocycles. The molecule has 1 fully saturated rings. The van der Waals surface area contributed by atoms with Crippen LogP contribution >= 0.6 is 0 Å². The van der Waals surface area contributed by atoms with Crippen LogP contribution in [0, 0.1) is 11.8 Å². The lowest BCUT2D eigenvalue weighted by Crippen LogP contribution is -2.47. The molecule has 0 radical (unpaired) electrons. The molecular weight excluding hydrogens is 230 g/mol. The highest BCUT2D eigenvalue weighted by molar-refractivity contribution is 6.02. The third-order valence-corrected chi connectivity index (χ3v) is 3.76. The summed E-state index contributed by atoms with van der Waals surface area (Å²) in [7, 11) is 0. The molecule has 0 heterocycles. The molecular formula is C13H25N3O2. The molecule has 0 bridgehead atoms. The van der Waals surface area contributed by atoms with Gasteiger partial charge in [0.2, 0.25) is 5.91 Å². The molecule has 5 heteroatoms. The van der Waals surface area contributed by atoms with Crippen molar-refractivity contribution in [3.63, 3.8) is 0 Å². The summed E-state index contributed by atoms with van der Waals surface area (Å²) in [5.41, 5.74) is 5.66. The van der Waals surface area contributed by atoms with Crippen LogP contribution in [0.15, 0.2) is 5.16 Å². The quantitative estimate of drug-likeness (QED) is 0.340. The van der Waals surface area contributed by atoms with Crippen LogP contribution in [-0.4, -0.2) is 34.4 Å². The first-order valence-electron chi connectivity index (χ1n) is 6.80. The van der Waals surface area contributed by atoms with E-state index in [1.165, 1.54) is 12.8 Å². The third-order valence-electron chi connectivity index (χ3n) is 3.76. The van der Waals surface area contributed by atoms with Crippen molar-refractivity contribution in [3.8, 4) is 0 Å². The summed E-state index contributed by atoms with van der Waals surface area (Å²) >= 11 is 0. The van der Waals surface area contributed by atoms with Crippen LogP contribution in [0.5, 0.6) is 0 Å². The van der Waals surface area contributed by atoms with Gasteiger partial charge in [-0.05, 0) is 25.7 Å². The van der Waals surface area contributed by atoms with Crippen LogP contribution in [0.3, 0.4) is 0 Å². The van der Waals surface area contributed by atoms with E-state index < -0.39 is 5.92 Å². The zero-order valence-corrected chi connectivity index (χ0v) is 11.6. The monoisotopic (exact) mass is 255 g/mol. The Morgan fingerprint density at radius 2 is 2.00 bits per heavy atom. The maximum absolute atomic E-state index is 12.6. The lowest BCUT2D eigenvalue weighted by atomic mass is 9.92. The molecule has 1 rings (SSSR count). The van der Waals surface area contributed by atoms with Crippen LogP contribution in [0.25, 0.3) is 0 Å². The fourth-order valence-corrected chi connectivity index (χ4v) is 2.80. The van der Waals surface area contributed by atoms with Crippen molar-refractivity contribution in [3.05, 3.63) is 0 Å². The van der Waals surface area contributed by atoms with Crippen LogP contribution in [-0.2, 0) is 4.79 Å². The predicted molar refractivity (Wildman–Crippen MR) is 71.4 cm³/mol. The van der Waals surface area contributed by atoms with E-state index in [-0.39, 0.29) is 17.7 Å². The smallest absolute Gasteiger partial charge is 0.233 e. The van der Waals surface area contributed by atoms with E-state index in [4.69, 9.17) is 10.9 Å². The van der Waals surface area contributed by atoms with Crippen molar-refractivity contribution >= 4 is 11.7 Å². The van der Waals surface area contributed by atoms with Crippen molar-refractivity contribution in [1.29, 1.82) is 0 Å². The number of carbonyl (C=O) groups excluding carboxylic acids is 1. The minimum atomic E-state index is -0.518. The molecule has 1 saturated carbocycles. The zero-order chi connectivity index (χ0) is 13.7. The van der Waals surface area contributed by atoms with Gasteiger partial charge >= 0.3 is 0 Å². The Labute approximate surface area is 109 Å². The number of carbonyl (C=O) groups is 1. The van der Waals surface area contributed by atoms with Gasteiger partial charge in [0.25, 0.3) is 0 Å². The van der Waals surface area contributed by atoms with Gasteiger partial charge in [0.1, 0.15) is 5.92 Å². The van der Waals surface area contributed by atoms with Crippen LogP contribution < -0.4 is 5.73 Å². The molecule has 0 aromatic carbocycles. The minimum Gasteiger partial charge on any atom is -0.409 e. The summed E-state index contributed by atoms with van der Waals surface area (Å²) in [5, 5.41) is 11.8. The summed E-state index contributed by atoms with van der Waals surface area (Å²) in [6, 6.07) is 0.329. The molecule has 3 N–H and O–H groups in total. The van der Waals surface area contributed by atoms with Crippen molar-refractivity contribution in [2.24, 2.45) is 22.7 Å². The SMILES string of the molecule is CCN(C(=O)C(C(N)=NO)C(C)C)C1CCCC1. The normalized spacial score (nSPS) is 19.2. The Hall–Kier alpha value is -1.26. The van der Waals surface area contributed by atoms with E-state index in [0.717, 1.165) is 12.8 Å². The second-order valence-electron chi connectivity index (χ2n) is 5.31. The average Bonchev–Trinajstić information content (AvgIpc) is 2.83. The molecule has 1 unspecified atom stereocenters. The molecule has 0 aromatic heterocycles. The lowest BCUT2D eigenvalue weighted by molar-refractivity contribution is -0.136. The minimum absolute atomic E-state index is 0.00491. The van der Waals surface area contributed by atoms with Crippen molar-refractivity contribution in [1.82, 2.24) is 4.90 Å². The largest absolute Gasteiger partial charge is 0.409 e. The number of nitrogens with two attached hydrogens (primary N) is 1. The summed E-state index contributed by atoms with van der Waals surface area (Å²) < 4.78 is 0. The number of amidine groups is 1. The average molecular weight is 255 g/mol. The van der Waals surface area contributed by atoms with Gasteiger partial charge < -0.3 is 15.8 Å². The fourth-order valence-electron chi connectivity index (χ4n) is 2.80. The molecule has 0 saturated heterocycles. The van der Waals surface area contributed by atoms with Gasteiger partial charge in [0.15, 0.2) is 5.84 Å². The van der Waals surface area contributed by atoms with E-state index >= 15 is 0 Å². The highest BCUT2D eigenvalue weighted by Crippen LogP contribution is 2.26. The molecule has 0 aromatic rings. The summed E-state index contributed by atoms with van der Waals surface area (Å²) in [6.45, 7) is 6.51. The van der Waals surface area contributed by atoms with Crippen LogP contribution in [0.2, 0.25) is 0 Å². The molecule has 1 aliphatic rings. The molecule has 5 nitrogen and oxygen atoms in total. The summed E-state index contributed by atoms with van der Waals surface area (Å²) in [5.74, 6) is -0.472. The second kappa shape index (κ2) is 6.61. The molecule has 1 atom stereocenters. The third kappa shape index (κ3) is 3.15. The zero-order valence-electron chi connectivity index (χ0n) is 11.6. The van der Waals surface area contributed by atoms with Gasteiger partial charge in [-0.1, -0.05) is 31.8 Å². The van der Waals surface area contributed by atoms with Crippen molar-refractivity contribution < 1.29 is 10.0 Å². The molecule has 1 aliphatic carbocycles. The van der Waals surface area contributed by atoms with Crippen molar-refractivity contribution in [2.75, 3.05) is 6.54 Å². The number of hydrogen-bond acceptors (Lipinski definition) is 3. The summed E-state index contributed by atoms with van der Waals surface area (Å²) in [6.07, 6.45) is 4.51. The van der Waals surface area contributed by atoms with E-state index in [9.17, 15) is 4.79 Å². The number of rotatable bonds is 5. The lowest BCUT2D eigenvalue weighted by Gasteiger charge is -2.32. The topological polar surface area (TPSA) is 78.9 Å². The van der Waals surface area contributed by atoms with Gasteiger partial charge in [0.05, 0.1) is 0 Å². The Morgan fingerprint density at radius 3 is 2.39 bits per heavy atom. The Bertz CT molecular complexity index is 309. The van der Waals surface area contributed by atoms with E-state index in [2.05, 4.69) is 5.16 Å². The van der Waals surface area contributed by atoms with E-state index in [1.807, 2.05) is 25.7 Å². The molecule has 104 valence electrons. The Balaban J connectivity index is 2.85. The number of oxime groups is 1. The van der Waals surface area contributed by atoms with E-state index in [0.29, 0.717) is 12.6 Å². The second-order valence-corrected chi connectivity index (χ2v) is 5.31. The van der Waals surface area contributed by atoms with Gasteiger partial charge in [-0.2, -0.15) is 0 Å². The first kappa shape index (κ1) is 14.8. The first-order valence-corrected chi connectivity index (χ1v) is 6.80. The Kier molecular flexibility index (Phi) is 5.44. The highest BCUT2D eigenvalue weighted by atomic mass is 16.4. The maximum Gasteiger partial charge on any atom is 0.233 e. The van der Waals surface area contributed by atoms with Gasteiger partial charge in [-0.25, -0.2) is 0 Å². The summed E-state index contributed by atoms with van der Waals surface area (Å²) in [4.78, 5) is 14.5. The van der Waals surface area contributed by atoms with E-state index in [1.54, 1.807) is 0 Å². The number of nitrogens with zero attached hydrogens (tertiary/aromatic N) is 2. The fraction of sp³-hybridized carbons (Fsp3) is 0.846. The highest BCUT2D eigenvalue weighted by Gasteiger charge is 2.34. The van der Waals surface area contributed by atoms with Gasteiger partial charge in [0, 0.05) is 12.6 Å². The predicted octanol–water partition coefficient (Wildman–Crippen LogP) is 1.80.